The van der Waals surface area contributed by atoms with Crippen LogP contribution < -0.4 is 5.32 Å². The maximum absolute atomic E-state index is 14.4. The van der Waals surface area contributed by atoms with E-state index in [2.05, 4.69) is 20.5 Å². The van der Waals surface area contributed by atoms with Crippen molar-refractivity contribution in [3.05, 3.63) is 66.2 Å². The first-order chi connectivity index (χ1) is 11.1. The number of nitrogens with zero attached hydrogens (tertiary/aromatic N) is 2. The normalized spacial score (nSPS) is 11.9. The Morgan fingerprint density at radius 1 is 1.22 bits per heavy atom. The number of aromatic amines is 1. The predicted octanol–water partition coefficient (Wildman–Crippen LogP) is 3.35. The first-order valence-electron chi connectivity index (χ1n) is 7.16. The summed E-state index contributed by atoms with van der Waals surface area (Å²) in [5.41, 5.74) is 1.91. The van der Waals surface area contributed by atoms with Gasteiger partial charge in [0.2, 0.25) is 11.9 Å². The first-order valence-corrected chi connectivity index (χ1v) is 7.16. The van der Waals surface area contributed by atoms with Crippen LogP contribution in [0.25, 0.3) is 11.1 Å². The van der Waals surface area contributed by atoms with E-state index in [1.54, 1.807) is 19.1 Å². The maximum Gasteiger partial charge on any atom is 0.233 e. The Kier molecular flexibility index (Phi) is 4.14. The van der Waals surface area contributed by atoms with Crippen LogP contribution in [0.15, 0.2) is 54.9 Å². The number of nitrogens with one attached hydrogen (secondary N) is 2. The van der Waals surface area contributed by atoms with Gasteiger partial charge in [-0.05, 0) is 24.1 Å². The molecule has 0 unspecified atom stereocenters. The number of hydrogen-bond acceptors (Lipinski definition) is 3. The number of aromatic nitrogens is 3. The molecule has 1 aromatic heterocycles. The highest BCUT2D eigenvalue weighted by Gasteiger charge is 2.18. The van der Waals surface area contributed by atoms with Crippen LogP contribution in [0.1, 0.15) is 18.4 Å². The van der Waals surface area contributed by atoms with Gasteiger partial charge >= 0.3 is 0 Å². The zero-order chi connectivity index (χ0) is 16.2. The van der Waals surface area contributed by atoms with Gasteiger partial charge in [0.25, 0.3) is 0 Å². The summed E-state index contributed by atoms with van der Waals surface area (Å²) in [5.74, 6) is -0.885. The molecule has 0 spiro atoms. The second kappa shape index (κ2) is 6.39. The maximum atomic E-state index is 14.4. The fraction of sp³-hybridized carbons (Fsp3) is 0.118. The van der Waals surface area contributed by atoms with Crippen LogP contribution in [0.5, 0.6) is 0 Å². The molecule has 3 rings (SSSR count). The SMILES string of the molecule is C[C@@H](C(=O)Nc1ncn[nH]1)c1ccc(-c2ccccc2)c(F)c1. The van der Waals surface area contributed by atoms with Crippen LogP contribution in [0.2, 0.25) is 0 Å². The van der Waals surface area contributed by atoms with Crippen molar-refractivity contribution in [3.63, 3.8) is 0 Å². The molecular formula is C17H15FN4O. The van der Waals surface area contributed by atoms with Crippen LogP contribution >= 0.6 is 0 Å². The van der Waals surface area contributed by atoms with E-state index in [0.717, 1.165) is 5.56 Å². The fourth-order valence-electron chi connectivity index (χ4n) is 2.29. The van der Waals surface area contributed by atoms with E-state index in [4.69, 9.17) is 0 Å². The smallest absolute Gasteiger partial charge is 0.233 e. The Balaban J connectivity index is 1.81. The standard InChI is InChI=1S/C17H15FN4O/c1-11(16(23)21-17-19-10-20-22-17)13-7-8-14(15(18)9-13)12-5-3-2-4-6-12/h2-11H,1H3,(H2,19,20,21,22,23)/t11-/m1/s1. The van der Waals surface area contributed by atoms with Gasteiger partial charge < -0.3 is 0 Å². The number of halogens is 1. The van der Waals surface area contributed by atoms with E-state index < -0.39 is 5.92 Å². The van der Waals surface area contributed by atoms with Gasteiger partial charge in [0.1, 0.15) is 12.1 Å². The van der Waals surface area contributed by atoms with Crippen molar-refractivity contribution in [2.75, 3.05) is 5.32 Å². The molecule has 1 amide bonds. The molecule has 1 atom stereocenters. The van der Waals surface area contributed by atoms with Crippen molar-refractivity contribution in [1.82, 2.24) is 15.2 Å². The average Bonchev–Trinajstić information content (AvgIpc) is 3.07. The molecule has 0 aliphatic rings. The van der Waals surface area contributed by atoms with E-state index in [1.165, 1.54) is 12.4 Å². The molecule has 23 heavy (non-hydrogen) atoms. The predicted molar refractivity (Wildman–Crippen MR) is 85.3 cm³/mol. The van der Waals surface area contributed by atoms with Crippen LogP contribution in [-0.2, 0) is 4.79 Å². The van der Waals surface area contributed by atoms with Crippen molar-refractivity contribution in [1.29, 1.82) is 0 Å². The van der Waals surface area contributed by atoms with Crippen LogP contribution in [0.3, 0.4) is 0 Å². The molecule has 0 radical (unpaired) electrons. The molecule has 1 heterocycles. The fourth-order valence-corrected chi connectivity index (χ4v) is 2.29. The lowest BCUT2D eigenvalue weighted by molar-refractivity contribution is -0.117. The zero-order valence-electron chi connectivity index (χ0n) is 12.5. The minimum Gasteiger partial charge on any atom is -0.294 e. The summed E-state index contributed by atoms with van der Waals surface area (Å²) in [7, 11) is 0. The van der Waals surface area contributed by atoms with Gasteiger partial charge in [-0.25, -0.2) is 9.49 Å². The number of carbonyl (C=O) groups is 1. The van der Waals surface area contributed by atoms with E-state index in [9.17, 15) is 9.18 Å². The van der Waals surface area contributed by atoms with Gasteiger partial charge in [0, 0.05) is 5.56 Å². The van der Waals surface area contributed by atoms with Crippen molar-refractivity contribution in [3.8, 4) is 11.1 Å². The molecule has 0 bridgehead atoms. The number of hydrogen-bond donors (Lipinski definition) is 2. The molecule has 5 nitrogen and oxygen atoms in total. The lowest BCUT2D eigenvalue weighted by Crippen LogP contribution is -2.19. The monoisotopic (exact) mass is 310 g/mol. The molecule has 0 fully saturated rings. The highest BCUT2D eigenvalue weighted by atomic mass is 19.1. The summed E-state index contributed by atoms with van der Waals surface area (Å²) < 4.78 is 14.4. The van der Waals surface area contributed by atoms with Crippen LogP contribution in [-0.4, -0.2) is 21.1 Å². The largest absolute Gasteiger partial charge is 0.294 e. The summed E-state index contributed by atoms with van der Waals surface area (Å²) in [4.78, 5) is 16.0. The Hall–Kier alpha value is -3.02. The summed E-state index contributed by atoms with van der Waals surface area (Å²) in [6, 6.07) is 14.1. The zero-order valence-corrected chi connectivity index (χ0v) is 12.5. The third-order valence-corrected chi connectivity index (χ3v) is 3.63. The minimum atomic E-state index is -0.514. The summed E-state index contributed by atoms with van der Waals surface area (Å²) >= 11 is 0. The molecule has 2 aromatic carbocycles. The lowest BCUT2D eigenvalue weighted by atomic mass is 9.96. The lowest BCUT2D eigenvalue weighted by Gasteiger charge is -2.12. The Labute approximate surface area is 132 Å². The van der Waals surface area contributed by atoms with E-state index in [1.807, 2.05) is 30.3 Å². The molecule has 0 saturated heterocycles. The van der Waals surface area contributed by atoms with E-state index in [0.29, 0.717) is 11.1 Å². The Morgan fingerprint density at radius 3 is 2.65 bits per heavy atom. The highest BCUT2D eigenvalue weighted by molar-refractivity contribution is 5.94. The second-order valence-corrected chi connectivity index (χ2v) is 5.15. The van der Waals surface area contributed by atoms with Gasteiger partial charge in [-0.3, -0.25) is 10.1 Å². The summed E-state index contributed by atoms with van der Waals surface area (Å²) in [5, 5.41) is 8.80. The first kappa shape index (κ1) is 14.9. The Morgan fingerprint density at radius 2 is 2.00 bits per heavy atom. The van der Waals surface area contributed by atoms with Gasteiger partial charge in [-0.1, -0.05) is 42.5 Å². The van der Waals surface area contributed by atoms with Crippen molar-refractivity contribution in [2.24, 2.45) is 0 Å². The van der Waals surface area contributed by atoms with Crippen molar-refractivity contribution in [2.45, 2.75) is 12.8 Å². The van der Waals surface area contributed by atoms with Crippen LogP contribution in [0, 0.1) is 5.82 Å². The van der Waals surface area contributed by atoms with Gasteiger partial charge in [-0.2, -0.15) is 10.1 Å². The average molecular weight is 310 g/mol. The molecular weight excluding hydrogens is 295 g/mol. The van der Waals surface area contributed by atoms with Crippen molar-refractivity contribution < 1.29 is 9.18 Å². The third-order valence-electron chi connectivity index (χ3n) is 3.63. The van der Waals surface area contributed by atoms with Gasteiger partial charge in [-0.15, -0.1) is 0 Å². The topological polar surface area (TPSA) is 70.7 Å². The van der Waals surface area contributed by atoms with Crippen LogP contribution in [0.4, 0.5) is 10.3 Å². The number of amides is 1. The summed E-state index contributed by atoms with van der Waals surface area (Å²) in [6.07, 6.45) is 1.30. The molecule has 116 valence electrons. The molecule has 6 heteroatoms. The van der Waals surface area contributed by atoms with Gasteiger partial charge in [0.05, 0.1) is 5.92 Å². The van der Waals surface area contributed by atoms with Crippen molar-refractivity contribution >= 4 is 11.9 Å². The summed E-state index contributed by atoms with van der Waals surface area (Å²) in [6.45, 7) is 1.71. The molecule has 3 aromatic rings. The Bertz CT molecular complexity index is 803. The number of rotatable bonds is 4. The quantitative estimate of drug-likeness (QED) is 0.776. The minimum absolute atomic E-state index is 0.267. The number of benzene rings is 2. The molecule has 0 aliphatic heterocycles. The van der Waals surface area contributed by atoms with E-state index in [-0.39, 0.29) is 17.7 Å². The van der Waals surface area contributed by atoms with Gasteiger partial charge in [0.15, 0.2) is 0 Å². The second-order valence-electron chi connectivity index (χ2n) is 5.15. The number of H-pyrrole nitrogens is 1. The highest BCUT2D eigenvalue weighted by Crippen LogP contribution is 2.26. The third kappa shape index (κ3) is 3.26. The molecule has 0 saturated carbocycles. The molecule has 2 N–H and O–H groups in total. The number of carbonyl (C=O) groups excluding carboxylic acids is 1. The number of anilines is 1. The molecule has 0 aliphatic carbocycles. The van der Waals surface area contributed by atoms with E-state index >= 15 is 0 Å².